The molecule has 1 aromatic rings. The van der Waals surface area contributed by atoms with Gasteiger partial charge in [-0.1, -0.05) is 6.07 Å². The molecule has 1 heterocycles. The number of carboxylic acid groups (broad SMARTS) is 1. The second-order valence-electron chi connectivity index (χ2n) is 4.52. The summed E-state index contributed by atoms with van der Waals surface area (Å²) >= 11 is 0. The minimum absolute atomic E-state index is 0.00937. The molecule has 0 amide bonds. The topological polar surface area (TPSA) is 75.8 Å². The van der Waals surface area contributed by atoms with Crippen LogP contribution in [0.4, 0.5) is 10.1 Å². The number of aliphatic carboxylic acids is 1. The third-order valence-corrected chi connectivity index (χ3v) is 3.17. The zero-order chi connectivity index (χ0) is 13.8. The Hall–Kier alpha value is -1.66. The summed E-state index contributed by atoms with van der Waals surface area (Å²) in [5.74, 6) is -1.54. The molecule has 1 unspecified atom stereocenters. The first kappa shape index (κ1) is 13.8. The molecule has 6 heteroatoms. The van der Waals surface area contributed by atoms with E-state index in [0.717, 1.165) is 18.8 Å². The summed E-state index contributed by atoms with van der Waals surface area (Å²) in [4.78, 5) is 12.7. The van der Waals surface area contributed by atoms with E-state index in [9.17, 15) is 9.18 Å². The lowest BCUT2D eigenvalue weighted by molar-refractivity contribution is -0.138. The number of carboxylic acids is 1. The molecule has 0 saturated carbocycles. The van der Waals surface area contributed by atoms with Crippen molar-refractivity contribution in [2.24, 2.45) is 5.73 Å². The quantitative estimate of drug-likeness (QED) is 0.837. The number of hydrogen-bond acceptors (Lipinski definition) is 4. The van der Waals surface area contributed by atoms with Crippen molar-refractivity contribution in [3.8, 4) is 0 Å². The molecule has 0 aliphatic carbocycles. The van der Waals surface area contributed by atoms with E-state index < -0.39 is 17.8 Å². The van der Waals surface area contributed by atoms with E-state index in [1.165, 1.54) is 6.07 Å². The van der Waals surface area contributed by atoms with Crippen LogP contribution in [0, 0.1) is 5.82 Å². The van der Waals surface area contributed by atoms with Gasteiger partial charge in [-0.05, 0) is 17.7 Å². The highest BCUT2D eigenvalue weighted by Crippen LogP contribution is 2.20. The number of anilines is 1. The number of rotatable bonds is 4. The number of benzene rings is 1. The van der Waals surface area contributed by atoms with Crippen LogP contribution in [0.5, 0.6) is 0 Å². The second kappa shape index (κ2) is 5.99. The van der Waals surface area contributed by atoms with Gasteiger partial charge in [0, 0.05) is 25.2 Å². The molecule has 3 N–H and O–H groups in total. The molecule has 0 aromatic heterocycles. The van der Waals surface area contributed by atoms with Gasteiger partial charge in [-0.2, -0.15) is 0 Å². The third-order valence-electron chi connectivity index (χ3n) is 3.17. The fraction of sp³-hybridized carbons (Fsp3) is 0.462. The predicted molar refractivity (Wildman–Crippen MR) is 68.7 cm³/mol. The van der Waals surface area contributed by atoms with Crippen LogP contribution >= 0.6 is 0 Å². The lowest BCUT2D eigenvalue weighted by Gasteiger charge is -2.29. The van der Waals surface area contributed by atoms with Gasteiger partial charge in [0.1, 0.15) is 11.9 Å². The third kappa shape index (κ3) is 3.42. The summed E-state index contributed by atoms with van der Waals surface area (Å²) in [6.45, 7) is 2.72. The maximum atomic E-state index is 13.9. The highest BCUT2D eigenvalue weighted by atomic mass is 19.1. The van der Waals surface area contributed by atoms with E-state index in [2.05, 4.69) is 0 Å². The Morgan fingerprint density at radius 1 is 1.47 bits per heavy atom. The van der Waals surface area contributed by atoms with Crippen molar-refractivity contribution in [1.82, 2.24) is 0 Å². The van der Waals surface area contributed by atoms with Crippen molar-refractivity contribution >= 4 is 11.7 Å². The largest absolute Gasteiger partial charge is 0.480 e. The maximum absolute atomic E-state index is 13.9. The van der Waals surface area contributed by atoms with Crippen LogP contribution in [0.25, 0.3) is 0 Å². The number of nitrogens with zero attached hydrogens (tertiary/aromatic N) is 1. The Morgan fingerprint density at radius 2 is 2.16 bits per heavy atom. The van der Waals surface area contributed by atoms with E-state index in [4.69, 9.17) is 15.6 Å². The smallest absolute Gasteiger partial charge is 0.320 e. The number of hydrogen-bond donors (Lipinski definition) is 2. The maximum Gasteiger partial charge on any atom is 0.320 e. The van der Waals surface area contributed by atoms with Gasteiger partial charge in [0.15, 0.2) is 0 Å². The van der Waals surface area contributed by atoms with Gasteiger partial charge in [-0.25, -0.2) is 4.39 Å². The van der Waals surface area contributed by atoms with Crippen LogP contribution in [-0.2, 0) is 16.0 Å². The van der Waals surface area contributed by atoms with E-state index in [1.54, 1.807) is 12.1 Å². The first-order valence-corrected chi connectivity index (χ1v) is 6.17. The Labute approximate surface area is 110 Å². The van der Waals surface area contributed by atoms with Crippen LogP contribution in [0.2, 0.25) is 0 Å². The number of carbonyl (C=O) groups is 1. The molecule has 1 aliphatic rings. The Morgan fingerprint density at radius 3 is 2.74 bits per heavy atom. The fourth-order valence-electron chi connectivity index (χ4n) is 2.04. The van der Waals surface area contributed by atoms with Crippen LogP contribution in [0.3, 0.4) is 0 Å². The van der Waals surface area contributed by atoms with E-state index in [-0.39, 0.29) is 6.42 Å². The SMILES string of the molecule is NC(Cc1ccc(N2CCOCC2)cc1F)C(=O)O. The van der Waals surface area contributed by atoms with E-state index >= 15 is 0 Å². The summed E-state index contributed by atoms with van der Waals surface area (Å²) in [5, 5.41) is 8.72. The number of nitrogens with two attached hydrogens (primary N) is 1. The molecule has 1 atom stereocenters. The Bertz CT molecular complexity index is 461. The minimum Gasteiger partial charge on any atom is -0.480 e. The van der Waals surface area contributed by atoms with Gasteiger partial charge in [-0.3, -0.25) is 4.79 Å². The Kier molecular flexibility index (Phi) is 4.34. The normalized spacial score (nSPS) is 17.3. The molecule has 19 heavy (non-hydrogen) atoms. The molecular weight excluding hydrogens is 251 g/mol. The minimum atomic E-state index is -1.13. The van der Waals surface area contributed by atoms with Gasteiger partial charge >= 0.3 is 5.97 Å². The zero-order valence-corrected chi connectivity index (χ0v) is 10.5. The number of morpholine rings is 1. The van der Waals surface area contributed by atoms with Crippen molar-refractivity contribution in [3.05, 3.63) is 29.6 Å². The van der Waals surface area contributed by atoms with Gasteiger partial charge in [0.05, 0.1) is 13.2 Å². The van der Waals surface area contributed by atoms with Crippen LogP contribution in [-0.4, -0.2) is 43.4 Å². The predicted octanol–water partition coefficient (Wildman–Crippen LogP) is 0.617. The van der Waals surface area contributed by atoms with Crippen molar-refractivity contribution < 1.29 is 19.0 Å². The Balaban J connectivity index is 2.10. The molecule has 0 spiro atoms. The van der Waals surface area contributed by atoms with E-state index in [0.29, 0.717) is 18.8 Å². The summed E-state index contributed by atoms with van der Waals surface area (Å²) in [6, 6.07) is 3.74. The average Bonchev–Trinajstić information content (AvgIpc) is 2.41. The summed E-state index contributed by atoms with van der Waals surface area (Å²) in [7, 11) is 0. The van der Waals surface area contributed by atoms with Crippen molar-refractivity contribution in [3.63, 3.8) is 0 Å². The van der Waals surface area contributed by atoms with Crippen molar-refractivity contribution in [2.45, 2.75) is 12.5 Å². The molecule has 1 aromatic carbocycles. The molecule has 1 aliphatic heterocycles. The first-order valence-electron chi connectivity index (χ1n) is 6.17. The lowest BCUT2D eigenvalue weighted by Crippen LogP contribution is -2.36. The summed E-state index contributed by atoms with van der Waals surface area (Å²) in [6.07, 6.45) is -0.00937. The molecule has 5 nitrogen and oxygen atoms in total. The fourth-order valence-corrected chi connectivity index (χ4v) is 2.04. The number of ether oxygens (including phenoxy) is 1. The highest BCUT2D eigenvalue weighted by Gasteiger charge is 2.17. The molecule has 1 fully saturated rings. The number of halogens is 1. The molecule has 0 bridgehead atoms. The summed E-state index contributed by atoms with van der Waals surface area (Å²) < 4.78 is 19.2. The second-order valence-corrected chi connectivity index (χ2v) is 4.52. The summed E-state index contributed by atoms with van der Waals surface area (Å²) in [5.41, 5.74) is 6.52. The van der Waals surface area contributed by atoms with Crippen molar-refractivity contribution in [2.75, 3.05) is 31.2 Å². The standard InChI is InChI=1S/C13H17FN2O3/c14-11-8-10(16-3-5-19-6-4-16)2-1-9(11)7-12(15)13(17)18/h1-2,8,12H,3-7,15H2,(H,17,18). The van der Waals surface area contributed by atoms with Crippen LogP contribution in [0.15, 0.2) is 18.2 Å². The molecule has 0 radical (unpaired) electrons. The van der Waals surface area contributed by atoms with E-state index in [1.807, 2.05) is 4.90 Å². The average molecular weight is 268 g/mol. The highest BCUT2D eigenvalue weighted by molar-refractivity contribution is 5.73. The molecule has 104 valence electrons. The van der Waals surface area contributed by atoms with Crippen molar-refractivity contribution in [1.29, 1.82) is 0 Å². The molecule has 2 rings (SSSR count). The van der Waals surface area contributed by atoms with Gasteiger partial charge < -0.3 is 20.5 Å². The van der Waals surface area contributed by atoms with Gasteiger partial charge in [0.25, 0.3) is 0 Å². The first-order chi connectivity index (χ1) is 9.08. The van der Waals surface area contributed by atoms with Crippen LogP contribution < -0.4 is 10.6 Å². The monoisotopic (exact) mass is 268 g/mol. The molecule has 1 saturated heterocycles. The molecular formula is C13H17FN2O3. The van der Waals surface area contributed by atoms with Gasteiger partial charge in [-0.15, -0.1) is 0 Å². The zero-order valence-electron chi connectivity index (χ0n) is 10.5. The van der Waals surface area contributed by atoms with Crippen LogP contribution in [0.1, 0.15) is 5.56 Å². The lowest BCUT2D eigenvalue weighted by atomic mass is 10.1. The van der Waals surface area contributed by atoms with Gasteiger partial charge in [0.2, 0.25) is 0 Å².